The maximum atomic E-state index is 14.6. The summed E-state index contributed by atoms with van der Waals surface area (Å²) in [7, 11) is 0. The number of piperazine rings is 1. The Morgan fingerprint density at radius 3 is 2.39 bits per heavy atom. The van der Waals surface area contributed by atoms with E-state index >= 15 is 0 Å². The Morgan fingerprint density at radius 1 is 1.09 bits per heavy atom. The maximum absolute atomic E-state index is 14.6. The summed E-state index contributed by atoms with van der Waals surface area (Å²) < 4.78 is 29.1. The number of nitrogens with zero attached hydrogens (tertiary/aromatic N) is 1. The first-order valence-corrected chi connectivity index (χ1v) is 8.64. The Bertz CT molecular complexity index is 498. The third kappa shape index (κ3) is 4.16. The number of hydrogen-bond donors (Lipinski definition) is 1. The fraction of sp³-hybridized carbons (Fsp3) is 0.647. The molecule has 3 rings (SSSR count). The predicted octanol–water partition coefficient (Wildman–Crippen LogP) is 4.57. The first-order valence-electron chi connectivity index (χ1n) is 8.26. The van der Waals surface area contributed by atoms with E-state index in [4.69, 9.17) is 11.6 Å². The fourth-order valence-electron chi connectivity index (χ4n) is 3.94. The van der Waals surface area contributed by atoms with Gasteiger partial charge in [0.15, 0.2) is 0 Å². The second-order valence-corrected chi connectivity index (χ2v) is 6.79. The van der Waals surface area contributed by atoms with Crippen LogP contribution in [0.15, 0.2) is 12.1 Å². The molecule has 1 heterocycles. The average molecular weight is 365 g/mol. The minimum absolute atomic E-state index is 0. The van der Waals surface area contributed by atoms with Gasteiger partial charge in [-0.3, -0.25) is 4.90 Å². The van der Waals surface area contributed by atoms with Gasteiger partial charge in [-0.05, 0) is 30.9 Å². The van der Waals surface area contributed by atoms with Crippen molar-refractivity contribution >= 4 is 24.0 Å². The molecule has 0 aromatic heterocycles. The summed E-state index contributed by atoms with van der Waals surface area (Å²) in [4.78, 5) is 2.24. The molecule has 2 aliphatic rings. The summed E-state index contributed by atoms with van der Waals surface area (Å²) in [5, 5.41) is 3.33. The summed E-state index contributed by atoms with van der Waals surface area (Å²) in [5.74, 6) is -0.721. The Balaban J connectivity index is 0.00000192. The van der Waals surface area contributed by atoms with Gasteiger partial charge in [0.1, 0.15) is 11.6 Å². The standard InChI is InChI=1S/C17H23ClF2N2.ClH/c18-13-6-7-14(19)15(16(13)20)17(12-4-2-1-3-5-12)22-10-8-21-9-11-22;/h6-7,12,17,21H,1-5,8-11H2;1H/t17-;/m1./s1. The lowest BCUT2D eigenvalue weighted by Crippen LogP contribution is -2.47. The number of hydrogen-bond acceptors (Lipinski definition) is 2. The zero-order valence-corrected chi connectivity index (χ0v) is 14.7. The molecule has 2 nitrogen and oxygen atoms in total. The molecular weight excluding hydrogens is 341 g/mol. The van der Waals surface area contributed by atoms with Crippen LogP contribution < -0.4 is 5.32 Å². The van der Waals surface area contributed by atoms with Crippen LogP contribution in [0.1, 0.15) is 43.7 Å². The molecule has 0 spiro atoms. The quantitative estimate of drug-likeness (QED) is 0.790. The molecule has 130 valence electrons. The van der Waals surface area contributed by atoms with E-state index in [1.807, 2.05) is 0 Å². The number of nitrogens with one attached hydrogen (secondary N) is 1. The van der Waals surface area contributed by atoms with Crippen molar-refractivity contribution in [2.24, 2.45) is 5.92 Å². The van der Waals surface area contributed by atoms with E-state index in [0.717, 1.165) is 51.9 Å². The van der Waals surface area contributed by atoms with Crippen molar-refractivity contribution in [2.75, 3.05) is 26.2 Å². The van der Waals surface area contributed by atoms with Crippen molar-refractivity contribution in [3.63, 3.8) is 0 Å². The van der Waals surface area contributed by atoms with Gasteiger partial charge < -0.3 is 5.32 Å². The topological polar surface area (TPSA) is 15.3 Å². The second kappa shape index (κ2) is 8.61. The van der Waals surface area contributed by atoms with Crippen LogP contribution in [0, 0.1) is 17.6 Å². The summed E-state index contributed by atoms with van der Waals surface area (Å²) in [6.07, 6.45) is 5.61. The van der Waals surface area contributed by atoms with Crippen molar-refractivity contribution in [2.45, 2.75) is 38.1 Å². The van der Waals surface area contributed by atoms with Crippen molar-refractivity contribution < 1.29 is 8.78 Å². The highest BCUT2D eigenvalue weighted by Gasteiger charge is 2.35. The highest BCUT2D eigenvalue weighted by Crippen LogP contribution is 2.41. The van der Waals surface area contributed by atoms with E-state index in [-0.39, 0.29) is 29.0 Å². The first kappa shape index (κ1) is 18.9. The van der Waals surface area contributed by atoms with Crippen LogP contribution in [0.5, 0.6) is 0 Å². The fourth-order valence-corrected chi connectivity index (χ4v) is 4.11. The van der Waals surface area contributed by atoms with Gasteiger partial charge in [0.05, 0.1) is 5.02 Å². The molecule has 1 aromatic rings. The molecule has 0 amide bonds. The van der Waals surface area contributed by atoms with Crippen LogP contribution in [0.4, 0.5) is 8.78 Å². The van der Waals surface area contributed by atoms with Crippen molar-refractivity contribution in [1.29, 1.82) is 0 Å². The average Bonchev–Trinajstić information content (AvgIpc) is 2.57. The Kier molecular flexibility index (Phi) is 7.08. The van der Waals surface area contributed by atoms with Crippen molar-refractivity contribution in [3.8, 4) is 0 Å². The molecule has 1 N–H and O–H groups in total. The van der Waals surface area contributed by atoms with E-state index in [9.17, 15) is 8.78 Å². The lowest BCUT2D eigenvalue weighted by atomic mass is 9.79. The Morgan fingerprint density at radius 2 is 1.74 bits per heavy atom. The molecule has 1 saturated carbocycles. The van der Waals surface area contributed by atoms with Gasteiger partial charge in [-0.1, -0.05) is 30.9 Å². The molecule has 23 heavy (non-hydrogen) atoms. The number of rotatable bonds is 3. The molecular formula is C17H24Cl2F2N2. The smallest absolute Gasteiger partial charge is 0.149 e. The van der Waals surface area contributed by atoms with E-state index in [1.54, 1.807) is 0 Å². The van der Waals surface area contributed by atoms with Gasteiger partial charge in [-0.2, -0.15) is 0 Å². The SMILES string of the molecule is Cl.Fc1ccc(Cl)c(F)c1[C@@H](C1CCCCC1)N1CCNCC1. The van der Waals surface area contributed by atoms with E-state index in [1.165, 1.54) is 18.6 Å². The molecule has 6 heteroatoms. The predicted molar refractivity (Wildman–Crippen MR) is 92.4 cm³/mol. The second-order valence-electron chi connectivity index (χ2n) is 6.39. The van der Waals surface area contributed by atoms with Crippen molar-refractivity contribution in [1.82, 2.24) is 10.2 Å². The van der Waals surface area contributed by atoms with Crippen LogP contribution in [-0.2, 0) is 0 Å². The summed E-state index contributed by atoms with van der Waals surface area (Å²) in [6.45, 7) is 3.39. The maximum Gasteiger partial charge on any atom is 0.149 e. The molecule has 0 radical (unpaired) electrons. The van der Waals surface area contributed by atoms with Crippen LogP contribution in [0.2, 0.25) is 5.02 Å². The number of halogens is 4. The van der Waals surface area contributed by atoms with Crippen LogP contribution in [0.25, 0.3) is 0 Å². The van der Waals surface area contributed by atoms with Gasteiger partial charge in [-0.15, -0.1) is 12.4 Å². The third-order valence-corrected chi connectivity index (χ3v) is 5.31. The van der Waals surface area contributed by atoms with Crippen LogP contribution in [-0.4, -0.2) is 31.1 Å². The van der Waals surface area contributed by atoms with Gasteiger partial charge in [-0.25, -0.2) is 8.78 Å². The molecule has 1 aromatic carbocycles. The Hall–Kier alpha value is -0.420. The van der Waals surface area contributed by atoms with E-state index < -0.39 is 11.6 Å². The van der Waals surface area contributed by atoms with Gasteiger partial charge >= 0.3 is 0 Å². The van der Waals surface area contributed by atoms with E-state index in [2.05, 4.69) is 10.2 Å². The minimum atomic E-state index is -0.573. The normalized spacial score (nSPS) is 21.7. The van der Waals surface area contributed by atoms with Crippen LogP contribution >= 0.6 is 24.0 Å². The minimum Gasteiger partial charge on any atom is -0.314 e. The van der Waals surface area contributed by atoms with E-state index in [0.29, 0.717) is 5.92 Å². The number of benzene rings is 1. The summed E-state index contributed by atoms with van der Waals surface area (Å²) in [6, 6.07) is 2.42. The lowest BCUT2D eigenvalue weighted by molar-refractivity contribution is 0.0976. The monoisotopic (exact) mass is 364 g/mol. The molecule has 1 aliphatic heterocycles. The third-order valence-electron chi connectivity index (χ3n) is 5.02. The molecule has 0 unspecified atom stereocenters. The highest BCUT2D eigenvalue weighted by atomic mass is 35.5. The highest BCUT2D eigenvalue weighted by molar-refractivity contribution is 6.30. The molecule has 0 bridgehead atoms. The van der Waals surface area contributed by atoms with Crippen LogP contribution in [0.3, 0.4) is 0 Å². The summed E-state index contributed by atoms with van der Waals surface area (Å²) in [5.41, 5.74) is 0.182. The molecule has 1 saturated heterocycles. The molecule has 1 atom stereocenters. The molecule has 1 aliphatic carbocycles. The van der Waals surface area contributed by atoms with Gasteiger partial charge in [0, 0.05) is 37.8 Å². The molecule has 2 fully saturated rings. The Labute approximate surface area is 148 Å². The lowest BCUT2D eigenvalue weighted by Gasteiger charge is -2.41. The van der Waals surface area contributed by atoms with Gasteiger partial charge in [0.25, 0.3) is 0 Å². The zero-order valence-electron chi connectivity index (χ0n) is 13.2. The van der Waals surface area contributed by atoms with Gasteiger partial charge in [0.2, 0.25) is 0 Å². The zero-order chi connectivity index (χ0) is 15.5. The van der Waals surface area contributed by atoms with Crippen molar-refractivity contribution in [3.05, 3.63) is 34.4 Å². The summed E-state index contributed by atoms with van der Waals surface area (Å²) >= 11 is 5.94. The largest absolute Gasteiger partial charge is 0.314 e. The first-order chi connectivity index (χ1) is 10.7.